The molecule has 3 heterocycles. The third-order valence-corrected chi connectivity index (χ3v) is 8.54. The Morgan fingerprint density at radius 1 is 0.911 bits per heavy atom. The Bertz CT molecular complexity index is 1990. The van der Waals surface area contributed by atoms with Crippen LogP contribution in [0.15, 0.2) is 107 Å². The molecular weight excluding hydrogens is 582 g/mol. The molecule has 0 atom stereocenters. The van der Waals surface area contributed by atoms with E-state index in [1.54, 1.807) is 34.6 Å². The van der Waals surface area contributed by atoms with Gasteiger partial charge in [0, 0.05) is 45.6 Å². The molecule has 0 aliphatic carbocycles. The number of rotatable bonds is 8. The number of aromatic hydroxyl groups is 1. The van der Waals surface area contributed by atoms with Crippen molar-refractivity contribution in [1.82, 2.24) is 29.7 Å². The first-order chi connectivity index (χ1) is 21.7. The number of hydrogen-bond donors (Lipinski definition) is 3. The van der Waals surface area contributed by atoms with Crippen LogP contribution in [-0.4, -0.2) is 35.5 Å². The first kappa shape index (κ1) is 30.0. The van der Waals surface area contributed by atoms with Gasteiger partial charge < -0.3 is 10.4 Å². The number of benzene rings is 3. The second kappa shape index (κ2) is 12.5. The number of phenols is 1. The van der Waals surface area contributed by atoms with Crippen LogP contribution in [0.3, 0.4) is 0 Å². The summed E-state index contributed by atoms with van der Waals surface area (Å²) in [5.74, 6) is 1.44. The fourth-order valence-electron chi connectivity index (χ4n) is 5.03. The van der Waals surface area contributed by atoms with E-state index < -0.39 is 0 Å². The number of aromatic nitrogens is 5. The van der Waals surface area contributed by atoms with Crippen molar-refractivity contribution in [3.05, 3.63) is 114 Å². The average Bonchev–Trinajstić information content (AvgIpc) is 3.65. The van der Waals surface area contributed by atoms with E-state index in [1.165, 1.54) is 5.56 Å². The molecule has 0 saturated heterocycles. The summed E-state index contributed by atoms with van der Waals surface area (Å²) in [5, 5.41) is 29.6. The Morgan fingerprint density at radius 2 is 1.69 bits per heavy atom. The van der Waals surface area contributed by atoms with Crippen LogP contribution in [0, 0.1) is 0 Å². The van der Waals surface area contributed by atoms with Crippen LogP contribution in [0.4, 0.5) is 10.6 Å². The zero-order valence-electron chi connectivity index (χ0n) is 25.7. The van der Waals surface area contributed by atoms with Gasteiger partial charge in [0.2, 0.25) is 0 Å². The van der Waals surface area contributed by atoms with Gasteiger partial charge in [-0.2, -0.15) is 5.10 Å². The Balaban J connectivity index is 1.20. The summed E-state index contributed by atoms with van der Waals surface area (Å²) in [7, 11) is 0. The molecule has 9 nitrogen and oxygen atoms in total. The standard InChI is InChI=1S/C35H35N7O2S/c1-5-23-11-6-8-15-28(23)33-39-38-31-18-17-27(22-41(31)33)45-29-16-9-7-12-24(29)21-36-34(44)37-32-20-30(35(2,3)4)40-42(32)25-13-10-14-26(43)19-25/h6-20,22,43H,5,21H2,1-4H3,(H2,36,37,44). The van der Waals surface area contributed by atoms with Gasteiger partial charge in [0.05, 0.1) is 11.4 Å². The minimum absolute atomic E-state index is 0.121. The molecule has 45 heavy (non-hydrogen) atoms. The maximum Gasteiger partial charge on any atom is 0.320 e. The summed E-state index contributed by atoms with van der Waals surface area (Å²) < 4.78 is 3.67. The number of pyridine rings is 1. The third-order valence-electron chi connectivity index (χ3n) is 7.45. The number of fused-ring (bicyclic) bond motifs is 1. The number of hydrogen-bond acceptors (Lipinski definition) is 6. The molecule has 3 N–H and O–H groups in total. The second-order valence-electron chi connectivity index (χ2n) is 11.7. The number of urea groups is 1. The molecule has 2 amide bonds. The van der Waals surface area contributed by atoms with Crippen molar-refractivity contribution in [1.29, 1.82) is 0 Å². The lowest BCUT2D eigenvalue weighted by Crippen LogP contribution is -2.29. The Hall–Kier alpha value is -5.09. The molecule has 3 aromatic carbocycles. The van der Waals surface area contributed by atoms with Gasteiger partial charge in [-0.1, -0.05) is 88.0 Å². The topological polar surface area (TPSA) is 109 Å². The second-order valence-corrected chi connectivity index (χ2v) is 12.9. The highest BCUT2D eigenvalue weighted by atomic mass is 32.2. The fraction of sp³-hybridized carbons (Fsp3) is 0.200. The third kappa shape index (κ3) is 6.56. The molecule has 0 aliphatic rings. The van der Waals surface area contributed by atoms with E-state index in [0.717, 1.165) is 44.5 Å². The molecule has 0 unspecified atom stereocenters. The normalized spacial score (nSPS) is 11.6. The van der Waals surface area contributed by atoms with Crippen molar-refractivity contribution in [3.8, 4) is 22.8 Å². The molecule has 0 saturated carbocycles. The Morgan fingerprint density at radius 3 is 2.47 bits per heavy atom. The molecule has 0 aliphatic heterocycles. The van der Waals surface area contributed by atoms with Gasteiger partial charge in [0.25, 0.3) is 0 Å². The van der Waals surface area contributed by atoms with Crippen molar-refractivity contribution in [2.45, 2.75) is 55.9 Å². The number of carbonyl (C=O) groups excluding carboxylic acids is 1. The molecule has 0 fully saturated rings. The first-order valence-corrected chi connectivity index (χ1v) is 15.6. The molecule has 0 radical (unpaired) electrons. The molecule has 10 heteroatoms. The van der Waals surface area contributed by atoms with Gasteiger partial charge >= 0.3 is 6.03 Å². The molecule has 228 valence electrons. The SMILES string of the molecule is CCc1ccccc1-c1nnc2ccc(Sc3ccccc3CNC(=O)Nc3cc(C(C)(C)C)nn3-c3cccc(O)c3)cn12. The van der Waals surface area contributed by atoms with Gasteiger partial charge in [-0.25, -0.2) is 9.48 Å². The minimum atomic E-state index is -0.360. The van der Waals surface area contributed by atoms with E-state index in [2.05, 4.69) is 72.9 Å². The van der Waals surface area contributed by atoms with Gasteiger partial charge in [0.1, 0.15) is 11.6 Å². The molecule has 6 rings (SSSR count). The van der Waals surface area contributed by atoms with E-state index in [4.69, 9.17) is 5.10 Å². The highest BCUT2D eigenvalue weighted by molar-refractivity contribution is 7.99. The largest absolute Gasteiger partial charge is 0.508 e. The number of anilines is 1. The number of nitrogens with one attached hydrogen (secondary N) is 2. The quantitative estimate of drug-likeness (QED) is 0.162. The Kier molecular flexibility index (Phi) is 8.32. The molecule has 0 bridgehead atoms. The summed E-state index contributed by atoms with van der Waals surface area (Å²) in [6.07, 6.45) is 2.97. The van der Waals surface area contributed by atoms with Crippen LogP contribution in [0.5, 0.6) is 5.75 Å². The highest BCUT2D eigenvalue weighted by Crippen LogP contribution is 2.32. The summed E-state index contributed by atoms with van der Waals surface area (Å²) in [5.41, 5.74) is 5.29. The van der Waals surface area contributed by atoms with Crippen molar-refractivity contribution in [2.75, 3.05) is 5.32 Å². The predicted molar refractivity (Wildman–Crippen MR) is 178 cm³/mol. The van der Waals surface area contributed by atoms with E-state index in [0.29, 0.717) is 18.1 Å². The molecule has 0 spiro atoms. The predicted octanol–water partition coefficient (Wildman–Crippen LogP) is 7.62. The van der Waals surface area contributed by atoms with E-state index in [9.17, 15) is 9.90 Å². The maximum atomic E-state index is 13.2. The lowest BCUT2D eigenvalue weighted by molar-refractivity contribution is 0.251. The van der Waals surface area contributed by atoms with Gasteiger partial charge in [0.15, 0.2) is 11.5 Å². The van der Waals surface area contributed by atoms with Crippen molar-refractivity contribution in [3.63, 3.8) is 0 Å². The van der Waals surface area contributed by atoms with E-state index in [-0.39, 0.29) is 17.2 Å². The number of nitrogens with zero attached hydrogens (tertiary/aromatic N) is 5. The first-order valence-electron chi connectivity index (χ1n) is 14.8. The van der Waals surface area contributed by atoms with Crippen molar-refractivity contribution in [2.24, 2.45) is 0 Å². The summed E-state index contributed by atoms with van der Waals surface area (Å²) in [6.45, 7) is 8.65. The molecule has 3 aromatic heterocycles. The zero-order chi connectivity index (χ0) is 31.6. The van der Waals surface area contributed by atoms with Gasteiger partial charge in [-0.3, -0.25) is 9.72 Å². The average molecular weight is 618 g/mol. The van der Waals surface area contributed by atoms with Gasteiger partial charge in [-0.15, -0.1) is 10.2 Å². The number of amides is 2. The van der Waals surface area contributed by atoms with Crippen LogP contribution in [0.25, 0.3) is 22.7 Å². The monoisotopic (exact) mass is 617 g/mol. The summed E-state index contributed by atoms with van der Waals surface area (Å²) in [6, 6.07) is 28.6. The summed E-state index contributed by atoms with van der Waals surface area (Å²) >= 11 is 1.62. The van der Waals surface area contributed by atoms with E-state index >= 15 is 0 Å². The Labute approximate surface area is 266 Å². The van der Waals surface area contributed by atoms with Gasteiger partial charge in [-0.05, 0) is 47.9 Å². The van der Waals surface area contributed by atoms with Crippen LogP contribution in [0.1, 0.15) is 44.5 Å². The fourth-order valence-corrected chi connectivity index (χ4v) is 6.00. The van der Waals surface area contributed by atoms with Crippen molar-refractivity contribution >= 4 is 29.3 Å². The molecular formula is C35H35N7O2S. The maximum absolute atomic E-state index is 13.2. The van der Waals surface area contributed by atoms with Crippen LogP contribution in [-0.2, 0) is 18.4 Å². The van der Waals surface area contributed by atoms with Crippen LogP contribution >= 0.6 is 11.8 Å². The van der Waals surface area contributed by atoms with Crippen LogP contribution < -0.4 is 10.6 Å². The van der Waals surface area contributed by atoms with E-state index in [1.807, 2.05) is 59.0 Å². The molecule has 6 aromatic rings. The number of phenolic OH excluding ortho intramolecular Hbond substituents is 1. The van der Waals surface area contributed by atoms with Crippen molar-refractivity contribution < 1.29 is 9.90 Å². The number of carbonyl (C=O) groups is 1. The number of aryl methyl sites for hydroxylation is 1. The minimum Gasteiger partial charge on any atom is -0.508 e. The van der Waals surface area contributed by atoms with Crippen LogP contribution in [0.2, 0.25) is 0 Å². The lowest BCUT2D eigenvalue weighted by atomic mass is 9.92. The highest BCUT2D eigenvalue weighted by Gasteiger charge is 2.22. The zero-order valence-corrected chi connectivity index (χ0v) is 26.5. The summed E-state index contributed by atoms with van der Waals surface area (Å²) in [4.78, 5) is 15.2. The lowest BCUT2D eigenvalue weighted by Gasteiger charge is -2.14. The smallest absolute Gasteiger partial charge is 0.320 e.